The molecular weight excluding hydrogens is 439 g/mol. The van der Waals surface area contributed by atoms with Gasteiger partial charge >= 0.3 is 0 Å². The third kappa shape index (κ3) is 4.86. The van der Waals surface area contributed by atoms with E-state index >= 15 is 0 Å². The molecule has 0 aliphatic rings. The average Bonchev–Trinajstić information content (AvgIpc) is 2.70. The first-order valence-corrected chi connectivity index (χ1v) is 12.9. The molecule has 0 aromatic heterocycles. The van der Waals surface area contributed by atoms with Crippen molar-refractivity contribution in [3.05, 3.63) is 97.1 Å². The summed E-state index contributed by atoms with van der Waals surface area (Å²) in [7, 11) is -2.13. The van der Waals surface area contributed by atoms with Gasteiger partial charge in [0.05, 0.1) is 0 Å². The SMILES string of the molecule is Cc1cc(C)c(C(=O)P(Oc2c(C)c(C)cc(C)c2C)C(=O)c2c(C)cc(C)cc2C)c(C)c1. The Hall–Kier alpha value is -2.77. The number of carbonyl (C=O) groups excluding carboxylic acids is 2. The van der Waals surface area contributed by atoms with Gasteiger partial charge in [-0.1, -0.05) is 41.5 Å². The molecule has 0 aliphatic heterocycles. The van der Waals surface area contributed by atoms with Gasteiger partial charge in [-0.25, -0.2) is 0 Å². The standard InChI is InChI=1S/C30H35O3P/c1-16-11-20(5)26(21(6)12-16)29(31)34(30(32)27-22(7)13-17(2)14-23(27)8)33-28-24(9)18(3)15-19(4)25(28)10/h11-15H,1-10H3. The van der Waals surface area contributed by atoms with Crippen molar-refractivity contribution < 1.29 is 14.1 Å². The quantitative estimate of drug-likeness (QED) is 0.338. The largest absolute Gasteiger partial charge is 0.457 e. The lowest BCUT2D eigenvalue weighted by Gasteiger charge is -2.23. The van der Waals surface area contributed by atoms with Gasteiger partial charge in [-0.15, -0.1) is 0 Å². The lowest BCUT2D eigenvalue weighted by Crippen LogP contribution is -2.16. The highest BCUT2D eigenvalue weighted by Crippen LogP contribution is 2.49. The number of aryl methyl sites for hydroxylation is 8. The molecule has 0 bridgehead atoms. The molecule has 0 unspecified atom stereocenters. The molecule has 0 atom stereocenters. The number of hydrogen-bond acceptors (Lipinski definition) is 3. The first-order chi connectivity index (χ1) is 15.8. The van der Waals surface area contributed by atoms with E-state index in [1.54, 1.807) is 0 Å². The van der Waals surface area contributed by atoms with E-state index in [-0.39, 0.29) is 11.0 Å². The molecule has 3 rings (SSSR count). The van der Waals surface area contributed by atoms with Crippen LogP contribution in [0.4, 0.5) is 0 Å². The van der Waals surface area contributed by atoms with Crippen LogP contribution in [0.2, 0.25) is 0 Å². The van der Waals surface area contributed by atoms with E-state index in [1.807, 2.05) is 93.5 Å². The van der Waals surface area contributed by atoms with E-state index in [2.05, 4.69) is 6.07 Å². The summed E-state index contributed by atoms with van der Waals surface area (Å²) in [5.74, 6) is 0.648. The van der Waals surface area contributed by atoms with Crippen molar-refractivity contribution in [2.24, 2.45) is 0 Å². The Morgan fingerprint density at radius 1 is 0.529 bits per heavy atom. The summed E-state index contributed by atoms with van der Waals surface area (Å²) < 4.78 is 6.52. The first kappa shape index (κ1) is 25.8. The van der Waals surface area contributed by atoms with Crippen LogP contribution in [0.3, 0.4) is 0 Å². The minimum atomic E-state index is -2.13. The molecule has 0 aliphatic carbocycles. The van der Waals surface area contributed by atoms with Crippen molar-refractivity contribution in [2.45, 2.75) is 69.2 Å². The highest BCUT2D eigenvalue weighted by molar-refractivity contribution is 7.86. The van der Waals surface area contributed by atoms with Gasteiger partial charge in [-0.2, -0.15) is 0 Å². The van der Waals surface area contributed by atoms with Crippen LogP contribution in [0.25, 0.3) is 0 Å². The molecule has 0 saturated carbocycles. The number of benzene rings is 3. The molecule has 0 radical (unpaired) electrons. The summed E-state index contributed by atoms with van der Waals surface area (Å²) in [6.07, 6.45) is 0. The second kappa shape index (κ2) is 9.84. The molecule has 34 heavy (non-hydrogen) atoms. The van der Waals surface area contributed by atoms with E-state index in [0.29, 0.717) is 16.9 Å². The Bertz CT molecular complexity index is 1180. The maximum Gasteiger partial charge on any atom is 0.234 e. The van der Waals surface area contributed by atoms with E-state index in [0.717, 1.165) is 55.6 Å². The zero-order chi connectivity index (χ0) is 25.5. The average molecular weight is 475 g/mol. The predicted molar refractivity (Wildman–Crippen MR) is 143 cm³/mol. The smallest absolute Gasteiger partial charge is 0.234 e. The van der Waals surface area contributed by atoms with Crippen LogP contribution >= 0.6 is 8.15 Å². The van der Waals surface area contributed by atoms with Gasteiger partial charge in [-0.05, 0) is 114 Å². The lowest BCUT2D eigenvalue weighted by molar-refractivity contribution is 0.103. The molecule has 3 nitrogen and oxygen atoms in total. The Morgan fingerprint density at radius 2 is 0.853 bits per heavy atom. The van der Waals surface area contributed by atoms with E-state index in [1.165, 1.54) is 0 Å². The molecule has 0 N–H and O–H groups in total. The number of hydrogen-bond donors (Lipinski definition) is 0. The van der Waals surface area contributed by atoms with Crippen molar-refractivity contribution in [2.75, 3.05) is 0 Å². The molecule has 4 heteroatoms. The molecular formula is C30H35O3P. The molecule has 0 spiro atoms. The van der Waals surface area contributed by atoms with Crippen LogP contribution in [-0.4, -0.2) is 11.0 Å². The van der Waals surface area contributed by atoms with Crippen LogP contribution in [0.1, 0.15) is 76.4 Å². The minimum absolute atomic E-state index is 0.229. The molecule has 3 aromatic carbocycles. The number of carbonyl (C=O) groups is 2. The predicted octanol–water partition coefficient (Wildman–Crippen LogP) is 8.23. The zero-order valence-electron chi connectivity index (χ0n) is 22.1. The summed E-state index contributed by atoms with van der Waals surface area (Å²) >= 11 is 0. The van der Waals surface area contributed by atoms with Crippen molar-refractivity contribution in [3.63, 3.8) is 0 Å². The van der Waals surface area contributed by atoms with Crippen LogP contribution in [0.15, 0.2) is 30.3 Å². The fourth-order valence-corrected chi connectivity index (χ4v) is 6.74. The highest BCUT2D eigenvalue weighted by atomic mass is 31.1. The summed E-state index contributed by atoms with van der Waals surface area (Å²) in [6, 6.07) is 10.1. The normalized spacial score (nSPS) is 11.1. The van der Waals surface area contributed by atoms with Gasteiger partial charge in [0.25, 0.3) is 0 Å². The maximum atomic E-state index is 14.1. The molecule has 0 heterocycles. The monoisotopic (exact) mass is 474 g/mol. The minimum Gasteiger partial charge on any atom is -0.457 e. The third-order valence-electron chi connectivity index (χ3n) is 6.63. The summed E-state index contributed by atoms with van der Waals surface area (Å²) in [6.45, 7) is 19.8. The Labute approximate surface area is 205 Å². The topological polar surface area (TPSA) is 43.4 Å². The van der Waals surface area contributed by atoms with E-state index in [4.69, 9.17) is 4.52 Å². The fraction of sp³-hybridized carbons (Fsp3) is 0.333. The van der Waals surface area contributed by atoms with E-state index in [9.17, 15) is 9.59 Å². The van der Waals surface area contributed by atoms with Crippen LogP contribution in [-0.2, 0) is 0 Å². The van der Waals surface area contributed by atoms with Gasteiger partial charge in [0, 0.05) is 11.1 Å². The molecule has 3 aromatic rings. The number of rotatable bonds is 6. The highest BCUT2D eigenvalue weighted by Gasteiger charge is 2.36. The second-order valence-electron chi connectivity index (χ2n) is 9.63. The summed E-state index contributed by atoms with van der Waals surface area (Å²) in [5, 5.41) is 0. The second-order valence-corrected chi connectivity index (χ2v) is 11.2. The Morgan fingerprint density at radius 3 is 1.18 bits per heavy atom. The van der Waals surface area contributed by atoms with Crippen molar-refractivity contribution in [3.8, 4) is 5.75 Å². The van der Waals surface area contributed by atoms with Crippen LogP contribution < -0.4 is 4.52 Å². The van der Waals surface area contributed by atoms with E-state index < -0.39 is 8.15 Å². The molecule has 0 fully saturated rings. The van der Waals surface area contributed by atoms with Crippen molar-refractivity contribution in [1.29, 1.82) is 0 Å². The Balaban J connectivity index is 2.24. The fourth-order valence-electron chi connectivity index (χ4n) is 4.82. The lowest BCUT2D eigenvalue weighted by atomic mass is 10.0. The van der Waals surface area contributed by atoms with Gasteiger partial charge in [0.15, 0.2) is 0 Å². The first-order valence-electron chi connectivity index (χ1n) is 11.6. The van der Waals surface area contributed by atoms with Gasteiger partial charge in [0.2, 0.25) is 19.2 Å². The summed E-state index contributed by atoms with van der Waals surface area (Å²) in [4.78, 5) is 28.2. The van der Waals surface area contributed by atoms with Gasteiger partial charge in [0.1, 0.15) is 5.75 Å². The van der Waals surface area contributed by atoms with Crippen LogP contribution in [0, 0.1) is 69.2 Å². The van der Waals surface area contributed by atoms with Crippen LogP contribution in [0.5, 0.6) is 5.75 Å². The molecule has 178 valence electrons. The zero-order valence-corrected chi connectivity index (χ0v) is 23.0. The summed E-state index contributed by atoms with van der Waals surface area (Å²) in [5.41, 5.74) is 10.5. The Kier molecular flexibility index (Phi) is 7.48. The third-order valence-corrected chi connectivity index (χ3v) is 8.18. The van der Waals surface area contributed by atoms with Gasteiger partial charge < -0.3 is 4.52 Å². The van der Waals surface area contributed by atoms with Crippen molar-refractivity contribution >= 4 is 19.2 Å². The molecule has 0 amide bonds. The van der Waals surface area contributed by atoms with Crippen molar-refractivity contribution in [1.82, 2.24) is 0 Å². The van der Waals surface area contributed by atoms with Gasteiger partial charge in [-0.3, -0.25) is 9.59 Å². The maximum absolute atomic E-state index is 14.1. The molecule has 0 saturated heterocycles.